The number of hydrogen-bond acceptors (Lipinski definition) is 3. The minimum Gasteiger partial charge on any atom is -0.370 e. The van der Waals surface area contributed by atoms with Crippen LogP contribution in [0, 0.1) is 6.92 Å². The zero-order chi connectivity index (χ0) is 9.26. The molecular weight excluding hydrogens is 168 g/mol. The highest BCUT2D eigenvalue weighted by Gasteiger charge is 2.21. The molecule has 4 nitrogen and oxygen atoms in total. The Morgan fingerprint density at radius 1 is 1.69 bits per heavy atom. The van der Waals surface area contributed by atoms with E-state index in [-0.39, 0.29) is 6.10 Å². The highest BCUT2D eigenvalue weighted by molar-refractivity contribution is 5.73. The van der Waals surface area contributed by atoms with Crippen LogP contribution in [0.2, 0.25) is 0 Å². The van der Waals surface area contributed by atoms with Gasteiger partial charge in [-0.3, -0.25) is 4.79 Å². The van der Waals surface area contributed by atoms with Crippen LogP contribution in [-0.4, -0.2) is 22.9 Å². The van der Waals surface area contributed by atoms with Gasteiger partial charge in [0.25, 0.3) is 0 Å². The van der Waals surface area contributed by atoms with Gasteiger partial charge in [-0.15, -0.1) is 0 Å². The molecule has 1 atom stereocenters. The highest BCUT2D eigenvalue weighted by atomic mass is 16.5. The monoisotopic (exact) mass is 180 g/mol. The second-order valence-electron chi connectivity index (χ2n) is 3.25. The van der Waals surface area contributed by atoms with Gasteiger partial charge in [-0.1, -0.05) is 0 Å². The average Bonchev–Trinajstić information content (AvgIpc) is 2.71. The molecule has 0 amide bonds. The van der Waals surface area contributed by atoms with Crippen molar-refractivity contribution in [3.05, 3.63) is 17.2 Å². The van der Waals surface area contributed by atoms with Crippen molar-refractivity contribution in [2.24, 2.45) is 0 Å². The number of aromatic amines is 1. The summed E-state index contributed by atoms with van der Waals surface area (Å²) in [5.74, 6) is 0.789. The number of aldehydes is 1. The molecule has 0 aromatic carbocycles. The molecule has 1 aliphatic rings. The van der Waals surface area contributed by atoms with Crippen molar-refractivity contribution in [3.63, 3.8) is 0 Å². The number of carbonyl (C=O) groups excluding carboxylic acids is 1. The van der Waals surface area contributed by atoms with Crippen molar-refractivity contribution in [1.82, 2.24) is 9.97 Å². The van der Waals surface area contributed by atoms with Crippen molar-refractivity contribution in [2.75, 3.05) is 6.61 Å². The lowest BCUT2D eigenvalue weighted by molar-refractivity contribution is 0.105. The largest absolute Gasteiger partial charge is 0.370 e. The first kappa shape index (κ1) is 8.44. The third-order valence-electron chi connectivity index (χ3n) is 2.29. The van der Waals surface area contributed by atoms with E-state index in [1.54, 1.807) is 0 Å². The van der Waals surface area contributed by atoms with Gasteiger partial charge in [-0.05, 0) is 19.8 Å². The maximum atomic E-state index is 10.5. The van der Waals surface area contributed by atoms with Crippen molar-refractivity contribution >= 4 is 6.29 Å². The van der Waals surface area contributed by atoms with Crippen LogP contribution in [-0.2, 0) is 4.74 Å². The van der Waals surface area contributed by atoms with Crippen LogP contribution >= 0.6 is 0 Å². The molecule has 1 N–H and O–H groups in total. The van der Waals surface area contributed by atoms with Crippen LogP contribution in [0.4, 0.5) is 0 Å². The molecular formula is C9H12N2O2. The summed E-state index contributed by atoms with van der Waals surface area (Å²) in [4.78, 5) is 17.8. The van der Waals surface area contributed by atoms with E-state index < -0.39 is 0 Å². The normalized spacial score (nSPS) is 22.1. The fraction of sp³-hybridized carbons (Fsp3) is 0.556. The Morgan fingerprint density at radius 2 is 2.54 bits per heavy atom. The van der Waals surface area contributed by atoms with E-state index in [1.807, 2.05) is 6.92 Å². The molecule has 13 heavy (non-hydrogen) atoms. The quantitative estimate of drug-likeness (QED) is 0.699. The highest BCUT2D eigenvalue weighted by Crippen LogP contribution is 2.26. The number of hydrogen-bond donors (Lipinski definition) is 1. The van der Waals surface area contributed by atoms with Gasteiger partial charge >= 0.3 is 0 Å². The van der Waals surface area contributed by atoms with Gasteiger partial charge in [0.2, 0.25) is 0 Å². The van der Waals surface area contributed by atoms with Crippen LogP contribution in [0.1, 0.15) is 41.0 Å². The third-order valence-corrected chi connectivity index (χ3v) is 2.29. The Bertz CT molecular complexity index is 313. The number of H-pyrrole nitrogens is 1. The predicted molar refractivity (Wildman–Crippen MR) is 46.6 cm³/mol. The molecule has 1 unspecified atom stereocenters. The molecule has 2 heterocycles. The summed E-state index contributed by atoms with van der Waals surface area (Å²) in [5.41, 5.74) is 1.31. The molecule has 1 saturated heterocycles. The maximum absolute atomic E-state index is 10.5. The Hall–Kier alpha value is -1.16. The number of nitrogens with one attached hydrogen (secondary N) is 1. The summed E-state index contributed by atoms with van der Waals surface area (Å²) in [6.07, 6.45) is 2.89. The number of imidazole rings is 1. The Morgan fingerprint density at radius 3 is 3.08 bits per heavy atom. The van der Waals surface area contributed by atoms with Gasteiger partial charge in [-0.2, -0.15) is 0 Å². The average molecular weight is 180 g/mol. The number of aryl methyl sites for hydroxylation is 1. The first-order chi connectivity index (χ1) is 6.31. The molecule has 0 radical (unpaired) electrons. The van der Waals surface area contributed by atoms with Crippen LogP contribution in [0.25, 0.3) is 0 Å². The summed E-state index contributed by atoms with van der Waals surface area (Å²) in [7, 11) is 0. The van der Waals surface area contributed by atoms with Crippen LogP contribution in [0.3, 0.4) is 0 Å². The molecule has 0 spiro atoms. The Balaban J connectivity index is 2.24. The third kappa shape index (κ3) is 1.49. The molecule has 0 saturated carbocycles. The van der Waals surface area contributed by atoms with E-state index in [0.717, 1.165) is 37.3 Å². The molecule has 4 heteroatoms. The standard InChI is InChI=1S/C9H12N2O2/c1-6-7(5-12)11-9(10-6)8-3-2-4-13-8/h5,8H,2-4H2,1H3,(H,10,11). The SMILES string of the molecule is Cc1[nH]c(C2CCCO2)nc1C=O. The van der Waals surface area contributed by atoms with E-state index in [9.17, 15) is 4.79 Å². The van der Waals surface area contributed by atoms with Crippen molar-refractivity contribution in [1.29, 1.82) is 0 Å². The second-order valence-corrected chi connectivity index (χ2v) is 3.25. The summed E-state index contributed by atoms with van der Waals surface area (Å²) in [6.45, 7) is 2.63. The van der Waals surface area contributed by atoms with Crippen LogP contribution < -0.4 is 0 Å². The smallest absolute Gasteiger partial charge is 0.170 e. The van der Waals surface area contributed by atoms with Crippen LogP contribution in [0.5, 0.6) is 0 Å². The minimum atomic E-state index is 0.0624. The summed E-state index contributed by atoms with van der Waals surface area (Å²) in [6, 6.07) is 0. The van der Waals surface area contributed by atoms with Gasteiger partial charge in [-0.25, -0.2) is 4.98 Å². The topological polar surface area (TPSA) is 55.0 Å². The predicted octanol–water partition coefficient (Wildman–Crippen LogP) is 1.38. The molecule has 0 aliphatic carbocycles. The number of nitrogens with zero attached hydrogens (tertiary/aromatic N) is 1. The zero-order valence-corrected chi connectivity index (χ0v) is 7.54. The number of aromatic nitrogens is 2. The first-order valence-electron chi connectivity index (χ1n) is 4.44. The molecule has 1 aliphatic heterocycles. The summed E-state index contributed by atoms with van der Waals surface area (Å²) < 4.78 is 5.44. The van der Waals surface area contributed by atoms with E-state index in [1.165, 1.54) is 0 Å². The lowest BCUT2D eigenvalue weighted by Gasteiger charge is -2.03. The molecule has 1 aromatic heterocycles. The number of carbonyl (C=O) groups is 1. The maximum Gasteiger partial charge on any atom is 0.170 e. The summed E-state index contributed by atoms with van der Waals surface area (Å²) >= 11 is 0. The molecule has 0 bridgehead atoms. The lowest BCUT2D eigenvalue weighted by Crippen LogP contribution is -1.98. The zero-order valence-electron chi connectivity index (χ0n) is 7.54. The fourth-order valence-corrected chi connectivity index (χ4v) is 1.56. The van der Waals surface area contributed by atoms with Crippen molar-refractivity contribution in [2.45, 2.75) is 25.9 Å². The van der Waals surface area contributed by atoms with Gasteiger partial charge < -0.3 is 9.72 Å². The van der Waals surface area contributed by atoms with E-state index in [2.05, 4.69) is 9.97 Å². The van der Waals surface area contributed by atoms with Gasteiger partial charge in [0.15, 0.2) is 6.29 Å². The van der Waals surface area contributed by atoms with Gasteiger partial charge in [0, 0.05) is 12.3 Å². The number of rotatable bonds is 2. The molecule has 1 fully saturated rings. The Labute approximate surface area is 76.3 Å². The fourth-order valence-electron chi connectivity index (χ4n) is 1.56. The van der Waals surface area contributed by atoms with Crippen molar-refractivity contribution in [3.8, 4) is 0 Å². The van der Waals surface area contributed by atoms with Crippen molar-refractivity contribution < 1.29 is 9.53 Å². The first-order valence-corrected chi connectivity index (χ1v) is 4.44. The molecule has 70 valence electrons. The lowest BCUT2D eigenvalue weighted by atomic mass is 10.2. The van der Waals surface area contributed by atoms with Gasteiger partial charge in [0.1, 0.15) is 17.6 Å². The Kier molecular flexibility index (Phi) is 2.14. The molecule has 1 aromatic rings. The number of ether oxygens (including phenoxy) is 1. The summed E-state index contributed by atoms with van der Waals surface area (Å²) in [5, 5.41) is 0. The van der Waals surface area contributed by atoms with Gasteiger partial charge in [0.05, 0.1) is 0 Å². The van der Waals surface area contributed by atoms with E-state index >= 15 is 0 Å². The van der Waals surface area contributed by atoms with Crippen LogP contribution in [0.15, 0.2) is 0 Å². The second kappa shape index (κ2) is 3.30. The minimum absolute atomic E-state index is 0.0624. The van der Waals surface area contributed by atoms with E-state index in [4.69, 9.17) is 4.74 Å². The molecule has 2 rings (SSSR count). The van der Waals surface area contributed by atoms with E-state index in [0.29, 0.717) is 5.69 Å².